The Hall–Kier alpha value is -5.95. The lowest BCUT2D eigenvalue weighted by molar-refractivity contribution is 0.0742. The van der Waals surface area contributed by atoms with E-state index in [1.54, 1.807) is 0 Å². The predicted octanol–water partition coefficient (Wildman–Crippen LogP) is 9.50. The summed E-state index contributed by atoms with van der Waals surface area (Å²) >= 11 is 0. The lowest BCUT2D eigenvalue weighted by Crippen LogP contribution is -2.72. The average Bonchev–Trinajstić information content (AvgIpc) is 3.82. The summed E-state index contributed by atoms with van der Waals surface area (Å²) in [6, 6.07) is 41.6. The van der Waals surface area contributed by atoms with Crippen LogP contribution in [0.1, 0.15) is 30.0 Å². The number of para-hydroxylation sites is 3. The number of nitrogens with zero attached hydrogens (tertiary/aromatic N) is 7. The quantitative estimate of drug-likeness (QED) is 0.166. The highest BCUT2D eigenvalue weighted by Crippen LogP contribution is 2.70. The molecule has 244 valence electrons. The molecule has 4 atom stereocenters. The molecule has 1 aliphatic carbocycles. The standard InChI is InChI=1S/C43H37N7/c1-4-42-28-30-22-23-35(33(42)27-30)50-37-36(21-14-24-44-37)47(31-16-8-6-9-17-31)40(50)43(42,5-2)41-48(32-18-10-7-11-19-32)38-39(46-26-25-45-38)49(41)34-20-13-12-15-29(34)3/h4,6-27,40-41H,1,5,28H2,2-3H3. The van der Waals surface area contributed by atoms with Crippen LogP contribution in [0.2, 0.25) is 0 Å². The predicted molar refractivity (Wildman–Crippen MR) is 201 cm³/mol. The van der Waals surface area contributed by atoms with Gasteiger partial charge in [0.25, 0.3) is 0 Å². The van der Waals surface area contributed by atoms with Crippen molar-refractivity contribution in [2.24, 2.45) is 5.41 Å². The zero-order valence-corrected chi connectivity index (χ0v) is 28.2. The molecule has 4 aliphatic rings. The number of aryl methyl sites for hydroxylation is 1. The second-order valence-electron chi connectivity index (χ2n) is 13.8. The van der Waals surface area contributed by atoms with Crippen LogP contribution in [0.4, 0.5) is 45.9 Å². The van der Waals surface area contributed by atoms with E-state index in [2.05, 4.69) is 155 Å². The third kappa shape index (κ3) is 3.51. The normalized spacial score (nSPS) is 23.9. The second-order valence-corrected chi connectivity index (χ2v) is 13.8. The number of fused-ring (bicyclic) bond motifs is 6. The maximum absolute atomic E-state index is 5.15. The summed E-state index contributed by atoms with van der Waals surface area (Å²) in [5.41, 5.74) is 8.41. The van der Waals surface area contributed by atoms with Crippen molar-refractivity contribution in [1.82, 2.24) is 15.0 Å². The molecule has 0 spiro atoms. The molecule has 7 nitrogen and oxygen atoms in total. The minimum atomic E-state index is -0.561. The van der Waals surface area contributed by atoms with Crippen molar-refractivity contribution in [3.8, 4) is 0 Å². The van der Waals surface area contributed by atoms with Crippen LogP contribution < -0.4 is 19.6 Å². The molecule has 6 aromatic rings. The first-order valence-electron chi connectivity index (χ1n) is 17.5. The van der Waals surface area contributed by atoms with Crippen molar-refractivity contribution >= 4 is 45.9 Å². The van der Waals surface area contributed by atoms with E-state index >= 15 is 0 Å². The van der Waals surface area contributed by atoms with E-state index in [4.69, 9.17) is 21.5 Å². The van der Waals surface area contributed by atoms with E-state index in [1.165, 1.54) is 22.4 Å². The first kappa shape index (κ1) is 29.0. The van der Waals surface area contributed by atoms with Crippen LogP contribution in [0.5, 0.6) is 0 Å². The van der Waals surface area contributed by atoms with Crippen LogP contribution in [-0.4, -0.2) is 27.3 Å². The fourth-order valence-electron chi connectivity index (χ4n) is 9.84. The third-order valence-electron chi connectivity index (χ3n) is 11.8. The largest absolute Gasteiger partial charge is 0.316 e. The molecule has 3 aliphatic heterocycles. The Balaban J connectivity index is 1.37. The first-order chi connectivity index (χ1) is 24.6. The van der Waals surface area contributed by atoms with Crippen molar-refractivity contribution in [3.05, 3.63) is 163 Å². The lowest BCUT2D eigenvalue weighted by atomic mass is 9.52. The monoisotopic (exact) mass is 651 g/mol. The minimum Gasteiger partial charge on any atom is -0.316 e. The maximum Gasteiger partial charge on any atom is 0.178 e. The Morgan fingerprint density at radius 1 is 0.640 bits per heavy atom. The van der Waals surface area contributed by atoms with Gasteiger partial charge in [-0.05, 0) is 85.0 Å². The molecule has 0 amide bonds. The highest BCUT2D eigenvalue weighted by atomic mass is 15.5. The maximum atomic E-state index is 5.15. The molecule has 4 aromatic carbocycles. The van der Waals surface area contributed by atoms with Crippen molar-refractivity contribution < 1.29 is 0 Å². The number of anilines is 8. The molecule has 2 aromatic heterocycles. The summed E-state index contributed by atoms with van der Waals surface area (Å²) in [6.45, 7) is 9.31. The van der Waals surface area contributed by atoms with Gasteiger partial charge in [0.15, 0.2) is 17.5 Å². The Kier molecular flexibility index (Phi) is 6.11. The van der Waals surface area contributed by atoms with Gasteiger partial charge in [0.05, 0.1) is 11.1 Å². The van der Waals surface area contributed by atoms with Gasteiger partial charge in [-0.2, -0.15) is 0 Å². The van der Waals surface area contributed by atoms with Gasteiger partial charge in [-0.25, -0.2) is 15.0 Å². The van der Waals surface area contributed by atoms with Gasteiger partial charge in [-0.15, -0.1) is 6.58 Å². The highest BCUT2D eigenvalue weighted by Gasteiger charge is 2.72. The Morgan fingerprint density at radius 3 is 1.94 bits per heavy atom. The van der Waals surface area contributed by atoms with Crippen LogP contribution in [0.15, 0.2) is 147 Å². The van der Waals surface area contributed by atoms with E-state index in [0.29, 0.717) is 0 Å². The van der Waals surface area contributed by atoms with Crippen LogP contribution in [0.3, 0.4) is 0 Å². The van der Waals surface area contributed by atoms with Crippen molar-refractivity contribution in [1.29, 1.82) is 0 Å². The zero-order valence-electron chi connectivity index (χ0n) is 28.2. The van der Waals surface area contributed by atoms with Gasteiger partial charge in [-0.1, -0.05) is 79.7 Å². The van der Waals surface area contributed by atoms with Gasteiger partial charge in [0, 0.05) is 46.8 Å². The lowest BCUT2D eigenvalue weighted by Gasteiger charge is -2.63. The SMILES string of the molecule is C=CC12Cc3ccc(c1c3)N1c3ncccc3N(c3ccccc3)C1C2(CC)C1N(c2ccccc2)c2nccnc2N1c1ccccc1C. The Labute approximate surface area is 292 Å². The van der Waals surface area contributed by atoms with Crippen molar-refractivity contribution in [2.45, 2.75) is 44.4 Å². The zero-order chi connectivity index (χ0) is 33.6. The summed E-state index contributed by atoms with van der Waals surface area (Å²) in [6.07, 6.45) is 9.07. The smallest absolute Gasteiger partial charge is 0.178 e. The van der Waals surface area contributed by atoms with E-state index in [0.717, 1.165) is 53.0 Å². The van der Waals surface area contributed by atoms with Crippen LogP contribution in [0, 0.1) is 12.3 Å². The molecule has 0 N–H and O–H groups in total. The first-order valence-corrected chi connectivity index (χ1v) is 17.5. The second kappa shape index (κ2) is 10.5. The van der Waals surface area contributed by atoms with Crippen molar-refractivity contribution in [2.75, 3.05) is 19.6 Å². The summed E-state index contributed by atoms with van der Waals surface area (Å²) in [5.74, 6) is 2.67. The summed E-state index contributed by atoms with van der Waals surface area (Å²) < 4.78 is 0. The van der Waals surface area contributed by atoms with Gasteiger partial charge in [0.1, 0.15) is 12.3 Å². The molecule has 0 radical (unpaired) electrons. The van der Waals surface area contributed by atoms with E-state index < -0.39 is 10.8 Å². The van der Waals surface area contributed by atoms with E-state index in [-0.39, 0.29) is 12.3 Å². The molecule has 0 saturated carbocycles. The molecule has 7 heteroatoms. The molecule has 5 heterocycles. The Morgan fingerprint density at radius 2 is 1.24 bits per heavy atom. The third-order valence-corrected chi connectivity index (χ3v) is 11.8. The van der Waals surface area contributed by atoms with Gasteiger partial charge >= 0.3 is 0 Å². The molecule has 4 unspecified atom stereocenters. The number of benzene rings is 4. The number of rotatable bonds is 6. The molecular formula is C43H37N7. The summed E-state index contributed by atoms with van der Waals surface area (Å²) in [4.78, 5) is 25.5. The summed E-state index contributed by atoms with van der Waals surface area (Å²) in [7, 11) is 0. The van der Waals surface area contributed by atoms with E-state index in [9.17, 15) is 0 Å². The molecule has 2 bridgehead atoms. The molecule has 10 rings (SSSR count). The fraction of sp³-hybridized carbons (Fsp3) is 0.186. The average molecular weight is 652 g/mol. The number of hydrogen-bond donors (Lipinski definition) is 0. The number of allylic oxidation sites excluding steroid dienone is 1. The number of hydrogen-bond acceptors (Lipinski definition) is 7. The van der Waals surface area contributed by atoms with Gasteiger partial charge < -0.3 is 19.6 Å². The summed E-state index contributed by atoms with van der Waals surface area (Å²) in [5, 5.41) is 0. The van der Waals surface area contributed by atoms with Crippen molar-refractivity contribution in [3.63, 3.8) is 0 Å². The van der Waals surface area contributed by atoms with Crippen LogP contribution >= 0.6 is 0 Å². The topological polar surface area (TPSA) is 51.6 Å². The van der Waals surface area contributed by atoms with Crippen LogP contribution in [0.25, 0.3) is 0 Å². The fourth-order valence-corrected chi connectivity index (χ4v) is 9.84. The van der Waals surface area contributed by atoms with E-state index in [1.807, 2.05) is 18.6 Å². The number of aromatic nitrogens is 3. The molecular weight excluding hydrogens is 615 g/mol. The van der Waals surface area contributed by atoms with Gasteiger partial charge in [0.2, 0.25) is 0 Å². The molecule has 50 heavy (non-hydrogen) atoms. The van der Waals surface area contributed by atoms with Crippen LogP contribution in [-0.2, 0) is 11.8 Å². The highest BCUT2D eigenvalue weighted by molar-refractivity contribution is 5.92. The molecule has 0 saturated heterocycles. The minimum absolute atomic E-state index is 0.191. The molecule has 0 fully saturated rings. The number of pyridine rings is 1. The Bertz CT molecular complexity index is 2290. The van der Waals surface area contributed by atoms with Gasteiger partial charge in [-0.3, -0.25) is 0 Å².